The lowest BCUT2D eigenvalue weighted by Crippen LogP contribution is -2.34. The third-order valence-corrected chi connectivity index (χ3v) is 5.91. The minimum atomic E-state index is -4.27. The van der Waals surface area contributed by atoms with Crippen LogP contribution in [0.15, 0.2) is 47.4 Å². The van der Waals surface area contributed by atoms with E-state index in [1.807, 2.05) is 4.72 Å². The van der Waals surface area contributed by atoms with Crippen LogP contribution in [0.2, 0.25) is 0 Å². The molecule has 0 spiro atoms. The summed E-state index contributed by atoms with van der Waals surface area (Å²) < 4.78 is 32.0. The van der Waals surface area contributed by atoms with Gasteiger partial charge < -0.3 is 15.0 Å². The molecular weight excluding hydrogens is 468 g/mol. The number of nitrogens with one attached hydrogen (secondary N) is 2. The van der Waals surface area contributed by atoms with Crippen molar-refractivity contribution < 1.29 is 32.5 Å². The Balaban J connectivity index is 2.02. The van der Waals surface area contributed by atoms with Gasteiger partial charge in [-0.05, 0) is 43.3 Å². The fourth-order valence-electron chi connectivity index (χ4n) is 2.88. The van der Waals surface area contributed by atoms with Crippen LogP contribution >= 0.6 is 0 Å². The number of nitrogens with zero attached hydrogens (tertiary/aromatic N) is 2. The Morgan fingerprint density at radius 1 is 1.12 bits per heavy atom. The summed E-state index contributed by atoms with van der Waals surface area (Å²) in [5.74, 6) is -1.81. The van der Waals surface area contributed by atoms with Crippen molar-refractivity contribution in [3.63, 3.8) is 0 Å². The van der Waals surface area contributed by atoms with Crippen LogP contribution in [0.3, 0.4) is 0 Å². The van der Waals surface area contributed by atoms with Crippen LogP contribution in [0.5, 0.6) is 0 Å². The Bertz CT molecular complexity index is 1210. The first-order valence-electron chi connectivity index (χ1n) is 9.88. The number of esters is 1. The zero-order valence-electron chi connectivity index (χ0n) is 18.9. The molecule has 1 atom stereocenters. The van der Waals surface area contributed by atoms with E-state index in [2.05, 4.69) is 5.32 Å². The second-order valence-corrected chi connectivity index (χ2v) is 9.15. The topological polar surface area (TPSA) is 165 Å². The lowest BCUT2D eigenvalue weighted by Gasteiger charge is -2.15. The quantitative estimate of drug-likeness (QED) is 0.217. The van der Waals surface area contributed by atoms with E-state index in [0.29, 0.717) is 5.69 Å². The van der Waals surface area contributed by atoms with E-state index in [9.17, 15) is 32.9 Å². The fraction of sp³-hybridized carbons (Fsp3) is 0.286. The normalized spacial score (nSPS) is 11.9. The van der Waals surface area contributed by atoms with E-state index in [1.54, 1.807) is 14.1 Å². The molecule has 0 aliphatic rings. The molecule has 12 nitrogen and oxygen atoms in total. The molecular formula is C21H24N4O8S. The molecule has 34 heavy (non-hydrogen) atoms. The Morgan fingerprint density at radius 2 is 1.74 bits per heavy atom. The summed E-state index contributed by atoms with van der Waals surface area (Å²) in [5.41, 5.74) is 0.505. The molecule has 0 saturated heterocycles. The molecule has 0 radical (unpaired) electrons. The van der Waals surface area contributed by atoms with Crippen molar-refractivity contribution in [1.82, 2.24) is 4.72 Å². The fourth-order valence-corrected chi connectivity index (χ4v) is 3.87. The first kappa shape index (κ1) is 26.4. The maximum atomic E-state index is 12.5. The number of carbonyl (C=O) groups excluding carboxylic acids is 3. The Kier molecular flexibility index (Phi) is 8.43. The summed E-state index contributed by atoms with van der Waals surface area (Å²) >= 11 is 0. The van der Waals surface area contributed by atoms with Gasteiger partial charge in [-0.1, -0.05) is 0 Å². The van der Waals surface area contributed by atoms with E-state index in [1.165, 1.54) is 55.1 Å². The smallest absolute Gasteiger partial charge is 0.321 e. The predicted molar refractivity (Wildman–Crippen MR) is 123 cm³/mol. The zero-order valence-corrected chi connectivity index (χ0v) is 19.7. The molecule has 2 rings (SSSR count). The van der Waals surface area contributed by atoms with E-state index in [-0.39, 0.29) is 17.2 Å². The summed E-state index contributed by atoms with van der Waals surface area (Å²) in [6, 6.07) is 9.27. The van der Waals surface area contributed by atoms with Crippen molar-refractivity contribution in [3.05, 3.63) is 58.1 Å². The Hall–Kier alpha value is -3.84. The minimum absolute atomic E-state index is 0.209. The molecule has 0 fully saturated rings. The highest BCUT2D eigenvalue weighted by atomic mass is 32.2. The van der Waals surface area contributed by atoms with Crippen LogP contribution < -0.4 is 14.9 Å². The first-order valence-corrected chi connectivity index (χ1v) is 11.4. The maximum Gasteiger partial charge on any atom is 0.321 e. The van der Waals surface area contributed by atoms with E-state index in [4.69, 9.17) is 4.74 Å². The number of ether oxygens (including phenoxy) is 1. The maximum absolute atomic E-state index is 12.5. The third kappa shape index (κ3) is 6.83. The van der Waals surface area contributed by atoms with Crippen LogP contribution in [0, 0.1) is 10.1 Å². The highest BCUT2D eigenvalue weighted by Gasteiger charge is 2.24. The van der Waals surface area contributed by atoms with Gasteiger partial charge in [0.25, 0.3) is 5.69 Å². The van der Waals surface area contributed by atoms with Crippen LogP contribution in [0.4, 0.5) is 17.1 Å². The van der Waals surface area contributed by atoms with Crippen molar-refractivity contribution in [2.24, 2.45) is 0 Å². The molecule has 1 amide bonds. The van der Waals surface area contributed by atoms with E-state index < -0.39 is 49.9 Å². The van der Waals surface area contributed by atoms with Crippen molar-refractivity contribution in [2.75, 3.05) is 30.9 Å². The summed E-state index contributed by atoms with van der Waals surface area (Å²) in [5, 5.41) is 13.8. The molecule has 2 aromatic rings. The molecule has 2 aromatic carbocycles. The van der Waals surface area contributed by atoms with Gasteiger partial charge in [-0.15, -0.1) is 0 Å². The Labute approximate surface area is 196 Å². The number of nitro groups is 1. The van der Waals surface area contributed by atoms with Crippen molar-refractivity contribution in [2.45, 2.75) is 24.8 Å². The standard InChI is InChI=1S/C21H24N4O8S/c1-13(21(28)15-5-7-16(8-6-15)23-14(2)26)33-20(27)12-22-34(31,32)17-9-10-18(24(3)4)19(11-17)25(29)30/h5-11,13,22H,12H2,1-4H3,(H,23,26). The van der Waals surface area contributed by atoms with Crippen LogP contribution in [-0.2, 0) is 24.3 Å². The molecule has 0 heterocycles. The van der Waals surface area contributed by atoms with Crippen molar-refractivity contribution in [3.8, 4) is 0 Å². The molecule has 13 heteroatoms. The summed E-state index contributed by atoms with van der Waals surface area (Å²) in [6.07, 6.45) is -1.20. The van der Waals surface area contributed by atoms with Gasteiger partial charge >= 0.3 is 5.97 Å². The molecule has 1 unspecified atom stereocenters. The van der Waals surface area contributed by atoms with Gasteiger partial charge in [-0.25, -0.2) is 8.42 Å². The second kappa shape index (κ2) is 10.9. The number of carbonyl (C=O) groups is 3. The highest BCUT2D eigenvalue weighted by molar-refractivity contribution is 7.89. The number of amides is 1. The number of rotatable bonds is 10. The largest absolute Gasteiger partial charge is 0.453 e. The van der Waals surface area contributed by atoms with Crippen LogP contribution in [0.25, 0.3) is 0 Å². The molecule has 0 bridgehead atoms. The van der Waals surface area contributed by atoms with Gasteiger partial charge in [0, 0.05) is 38.3 Å². The van der Waals surface area contributed by atoms with Gasteiger partial charge in [0.15, 0.2) is 6.10 Å². The number of hydrogen-bond donors (Lipinski definition) is 2. The highest BCUT2D eigenvalue weighted by Crippen LogP contribution is 2.29. The number of ketones is 1. The van der Waals surface area contributed by atoms with Gasteiger partial charge in [-0.2, -0.15) is 4.72 Å². The average Bonchev–Trinajstić information content (AvgIpc) is 2.76. The van der Waals surface area contributed by atoms with E-state index >= 15 is 0 Å². The lowest BCUT2D eigenvalue weighted by molar-refractivity contribution is -0.384. The van der Waals surface area contributed by atoms with Crippen molar-refractivity contribution in [1.29, 1.82) is 0 Å². The number of Topliss-reactive ketones (excluding diaryl/α,β-unsaturated/α-hetero) is 1. The minimum Gasteiger partial charge on any atom is -0.453 e. The molecule has 0 aromatic heterocycles. The van der Waals surface area contributed by atoms with Gasteiger partial charge in [0.05, 0.1) is 9.82 Å². The number of nitro benzene ring substituents is 1. The lowest BCUT2D eigenvalue weighted by atomic mass is 10.1. The molecule has 0 aliphatic heterocycles. The number of hydrogen-bond acceptors (Lipinski definition) is 9. The van der Waals surface area contributed by atoms with Gasteiger partial charge in [-0.3, -0.25) is 24.5 Å². The van der Waals surface area contributed by atoms with Gasteiger partial charge in [0.1, 0.15) is 12.2 Å². The number of anilines is 2. The van der Waals surface area contributed by atoms with Gasteiger partial charge in [0.2, 0.25) is 21.7 Å². The first-order chi connectivity index (χ1) is 15.8. The molecule has 0 aliphatic carbocycles. The summed E-state index contributed by atoms with van der Waals surface area (Å²) in [6.45, 7) is 1.89. The summed E-state index contributed by atoms with van der Waals surface area (Å²) in [7, 11) is -1.12. The molecule has 182 valence electrons. The number of benzene rings is 2. The zero-order chi connectivity index (χ0) is 25.6. The SMILES string of the molecule is CC(=O)Nc1ccc(C(=O)C(C)OC(=O)CNS(=O)(=O)c2ccc(N(C)C)c([N+](=O)[O-])c2)cc1. The molecule has 0 saturated carbocycles. The predicted octanol–water partition coefficient (Wildman–Crippen LogP) is 1.71. The average molecular weight is 493 g/mol. The van der Waals surface area contributed by atoms with Crippen molar-refractivity contribution >= 4 is 44.7 Å². The Morgan fingerprint density at radius 3 is 2.26 bits per heavy atom. The van der Waals surface area contributed by atoms with Crippen LogP contribution in [-0.4, -0.2) is 57.7 Å². The summed E-state index contributed by atoms with van der Waals surface area (Å²) in [4.78, 5) is 47.2. The van der Waals surface area contributed by atoms with E-state index in [0.717, 1.165) is 6.07 Å². The number of sulfonamides is 1. The van der Waals surface area contributed by atoms with Crippen LogP contribution in [0.1, 0.15) is 24.2 Å². The second-order valence-electron chi connectivity index (χ2n) is 7.38. The third-order valence-electron chi connectivity index (χ3n) is 4.51. The molecule has 2 N–H and O–H groups in total. The monoisotopic (exact) mass is 492 g/mol.